The molecule has 1 aliphatic heterocycles. The van der Waals surface area contributed by atoms with E-state index in [1.54, 1.807) is 9.58 Å². The molecule has 2 heterocycles. The Morgan fingerprint density at radius 1 is 1.60 bits per heavy atom. The minimum Gasteiger partial charge on any atom is -0.334 e. The molecule has 0 N–H and O–H groups in total. The first-order chi connectivity index (χ1) is 7.26. The van der Waals surface area contributed by atoms with Crippen LogP contribution in [0.25, 0.3) is 0 Å². The standard InChI is InChI=1S/C9H10ClN3O2/c10-3-9(15)12-1-2-13-8(5-12)7(6-14)4-11-13/h4,6H,1-3,5H2. The Bertz CT molecular complexity index is 402. The number of carbonyl (C=O) groups excluding carboxylic acids is 2. The van der Waals surface area contributed by atoms with Crippen molar-refractivity contribution in [2.75, 3.05) is 12.4 Å². The fourth-order valence-corrected chi connectivity index (χ4v) is 1.83. The van der Waals surface area contributed by atoms with Gasteiger partial charge < -0.3 is 4.90 Å². The third-order valence-corrected chi connectivity index (χ3v) is 2.73. The normalized spacial score (nSPS) is 14.9. The minimum atomic E-state index is -0.110. The van der Waals surface area contributed by atoms with Gasteiger partial charge in [-0.2, -0.15) is 5.10 Å². The topological polar surface area (TPSA) is 55.2 Å². The molecule has 0 fully saturated rings. The van der Waals surface area contributed by atoms with Crippen molar-refractivity contribution < 1.29 is 9.59 Å². The summed E-state index contributed by atoms with van der Waals surface area (Å²) in [6.45, 7) is 1.63. The van der Waals surface area contributed by atoms with Crippen LogP contribution in [0.3, 0.4) is 0 Å². The number of nitrogens with zero attached hydrogens (tertiary/aromatic N) is 3. The van der Waals surface area contributed by atoms with Gasteiger partial charge in [0.25, 0.3) is 0 Å². The fraction of sp³-hybridized carbons (Fsp3) is 0.444. The summed E-state index contributed by atoms with van der Waals surface area (Å²) in [7, 11) is 0. The predicted molar refractivity (Wildman–Crippen MR) is 53.8 cm³/mol. The number of halogens is 1. The van der Waals surface area contributed by atoms with Gasteiger partial charge in [0.1, 0.15) is 5.88 Å². The Balaban J connectivity index is 2.24. The van der Waals surface area contributed by atoms with Gasteiger partial charge in [-0.25, -0.2) is 0 Å². The highest BCUT2D eigenvalue weighted by atomic mass is 35.5. The summed E-state index contributed by atoms with van der Waals surface area (Å²) in [6.07, 6.45) is 2.28. The molecule has 0 aromatic carbocycles. The first kappa shape index (κ1) is 10.2. The molecule has 0 radical (unpaired) electrons. The minimum absolute atomic E-state index is 0.0233. The highest BCUT2D eigenvalue weighted by Gasteiger charge is 2.22. The Labute approximate surface area is 91.6 Å². The summed E-state index contributed by atoms with van der Waals surface area (Å²) in [5.74, 6) is -0.133. The van der Waals surface area contributed by atoms with E-state index in [9.17, 15) is 9.59 Å². The molecule has 1 aliphatic rings. The molecule has 15 heavy (non-hydrogen) atoms. The second-order valence-corrected chi connectivity index (χ2v) is 3.60. The second kappa shape index (κ2) is 4.02. The summed E-state index contributed by atoms with van der Waals surface area (Å²) in [5, 5.41) is 4.06. The zero-order chi connectivity index (χ0) is 10.8. The van der Waals surface area contributed by atoms with Gasteiger partial charge in [-0.15, -0.1) is 11.6 Å². The van der Waals surface area contributed by atoms with E-state index in [0.29, 0.717) is 25.2 Å². The van der Waals surface area contributed by atoms with Crippen molar-refractivity contribution in [1.29, 1.82) is 0 Å². The third kappa shape index (κ3) is 1.74. The number of amides is 1. The summed E-state index contributed by atoms with van der Waals surface area (Å²) in [5.41, 5.74) is 1.33. The molecule has 1 amide bonds. The molecule has 6 heteroatoms. The van der Waals surface area contributed by atoms with Crippen molar-refractivity contribution in [3.8, 4) is 0 Å². The Hall–Kier alpha value is -1.36. The maximum Gasteiger partial charge on any atom is 0.237 e. The van der Waals surface area contributed by atoms with Gasteiger partial charge in [0, 0.05) is 6.54 Å². The first-order valence-electron chi connectivity index (χ1n) is 4.60. The predicted octanol–water partition coefficient (Wildman–Crippen LogP) is 0.277. The lowest BCUT2D eigenvalue weighted by Crippen LogP contribution is -2.39. The molecule has 0 atom stereocenters. The molecule has 1 aromatic rings. The van der Waals surface area contributed by atoms with E-state index in [0.717, 1.165) is 12.0 Å². The van der Waals surface area contributed by atoms with Crippen LogP contribution in [-0.4, -0.2) is 39.3 Å². The van der Waals surface area contributed by atoms with Crippen molar-refractivity contribution in [2.45, 2.75) is 13.1 Å². The highest BCUT2D eigenvalue weighted by molar-refractivity contribution is 6.27. The van der Waals surface area contributed by atoms with Crippen LogP contribution in [0.5, 0.6) is 0 Å². The third-order valence-electron chi connectivity index (χ3n) is 2.50. The van der Waals surface area contributed by atoms with E-state index >= 15 is 0 Å². The van der Waals surface area contributed by atoms with Crippen LogP contribution in [0.2, 0.25) is 0 Å². The van der Waals surface area contributed by atoms with Crippen LogP contribution in [0.1, 0.15) is 16.1 Å². The number of aldehydes is 1. The van der Waals surface area contributed by atoms with E-state index in [-0.39, 0.29) is 11.8 Å². The van der Waals surface area contributed by atoms with Crippen LogP contribution in [-0.2, 0) is 17.9 Å². The monoisotopic (exact) mass is 227 g/mol. The number of hydrogen-bond donors (Lipinski definition) is 0. The molecule has 0 aliphatic carbocycles. The van der Waals surface area contributed by atoms with Gasteiger partial charge >= 0.3 is 0 Å². The van der Waals surface area contributed by atoms with E-state index < -0.39 is 0 Å². The molecule has 0 bridgehead atoms. The van der Waals surface area contributed by atoms with Gasteiger partial charge in [0.15, 0.2) is 6.29 Å². The van der Waals surface area contributed by atoms with Crippen molar-refractivity contribution in [3.05, 3.63) is 17.5 Å². The van der Waals surface area contributed by atoms with Crippen LogP contribution in [0, 0.1) is 0 Å². The number of alkyl halides is 1. The second-order valence-electron chi connectivity index (χ2n) is 3.34. The number of rotatable bonds is 2. The van der Waals surface area contributed by atoms with Crippen LogP contribution >= 0.6 is 11.6 Å². The molecule has 0 unspecified atom stereocenters. The zero-order valence-electron chi connectivity index (χ0n) is 8.02. The molecular weight excluding hydrogens is 218 g/mol. The number of carbonyl (C=O) groups is 2. The summed E-state index contributed by atoms with van der Waals surface area (Å²) < 4.78 is 1.75. The lowest BCUT2D eigenvalue weighted by molar-refractivity contribution is -0.129. The van der Waals surface area contributed by atoms with E-state index in [1.165, 1.54) is 6.20 Å². The van der Waals surface area contributed by atoms with Gasteiger partial charge in [0.05, 0.1) is 30.5 Å². The first-order valence-corrected chi connectivity index (χ1v) is 5.13. The van der Waals surface area contributed by atoms with Crippen LogP contribution in [0.4, 0.5) is 0 Å². The van der Waals surface area contributed by atoms with E-state index in [1.807, 2.05) is 0 Å². The van der Waals surface area contributed by atoms with Gasteiger partial charge in [-0.05, 0) is 0 Å². The number of aromatic nitrogens is 2. The number of hydrogen-bond acceptors (Lipinski definition) is 3. The van der Waals surface area contributed by atoms with Gasteiger partial charge in [-0.1, -0.05) is 0 Å². The summed E-state index contributed by atoms with van der Waals surface area (Å²) in [6, 6.07) is 0. The molecule has 1 aromatic heterocycles. The van der Waals surface area contributed by atoms with Crippen LogP contribution in [0.15, 0.2) is 6.20 Å². The molecule has 80 valence electrons. The average molecular weight is 228 g/mol. The maximum atomic E-state index is 11.4. The van der Waals surface area contributed by atoms with Crippen LogP contribution < -0.4 is 0 Å². The highest BCUT2D eigenvalue weighted by Crippen LogP contribution is 2.15. The molecule has 0 saturated heterocycles. The number of fused-ring (bicyclic) bond motifs is 1. The Morgan fingerprint density at radius 2 is 2.40 bits per heavy atom. The van der Waals surface area contributed by atoms with E-state index in [2.05, 4.69) is 5.10 Å². The molecule has 5 nitrogen and oxygen atoms in total. The lowest BCUT2D eigenvalue weighted by Gasteiger charge is -2.27. The molecule has 0 saturated carbocycles. The largest absolute Gasteiger partial charge is 0.334 e. The average Bonchev–Trinajstić information content (AvgIpc) is 2.69. The Morgan fingerprint density at radius 3 is 3.07 bits per heavy atom. The van der Waals surface area contributed by atoms with E-state index in [4.69, 9.17) is 11.6 Å². The van der Waals surface area contributed by atoms with Crippen molar-refractivity contribution in [1.82, 2.24) is 14.7 Å². The van der Waals surface area contributed by atoms with Crippen molar-refractivity contribution in [2.24, 2.45) is 0 Å². The molecule has 0 spiro atoms. The SMILES string of the molecule is O=Cc1cnn2c1CN(C(=O)CCl)CC2. The van der Waals surface area contributed by atoms with Crippen molar-refractivity contribution >= 4 is 23.8 Å². The van der Waals surface area contributed by atoms with Crippen molar-refractivity contribution in [3.63, 3.8) is 0 Å². The zero-order valence-corrected chi connectivity index (χ0v) is 8.78. The smallest absolute Gasteiger partial charge is 0.237 e. The summed E-state index contributed by atoms with van der Waals surface area (Å²) in [4.78, 5) is 23.7. The maximum absolute atomic E-state index is 11.4. The Kier molecular flexibility index (Phi) is 2.73. The lowest BCUT2D eigenvalue weighted by atomic mass is 10.2. The van der Waals surface area contributed by atoms with Gasteiger partial charge in [0.2, 0.25) is 5.91 Å². The summed E-state index contributed by atoms with van der Waals surface area (Å²) >= 11 is 5.48. The molecular formula is C9H10ClN3O2. The van der Waals surface area contributed by atoms with Gasteiger partial charge in [-0.3, -0.25) is 14.3 Å². The fourth-order valence-electron chi connectivity index (χ4n) is 1.66. The molecule has 2 rings (SSSR count). The quantitative estimate of drug-likeness (QED) is 0.539.